The predicted molar refractivity (Wildman–Crippen MR) is 69.9 cm³/mol. The van der Waals surface area contributed by atoms with Gasteiger partial charge in [0.05, 0.1) is 5.54 Å². The van der Waals surface area contributed by atoms with Crippen molar-refractivity contribution in [1.82, 2.24) is 10.6 Å². The Morgan fingerprint density at radius 3 is 2.81 bits per heavy atom. The first-order valence-corrected chi connectivity index (χ1v) is 5.75. The van der Waals surface area contributed by atoms with E-state index >= 15 is 0 Å². The molecule has 1 aliphatic heterocycles. The summed E-state index contributed by atoms with van der Waals surface area (Å²) in [6.45, 7) is 8.61. The predicted octanol–water partition coefficient (Wildman–Crippen LogP) is 2.02. The lowest BCUT2D eigenvalue weighted by atomic mass is 9.90. The molecular formula is C12H23ClN2O. The summed E-state index contributed by atoms with van der Waals surface area (Å²) in [4.78, 5) is 12.0. The molecule has 0 aromatic rings. The second-order valence-electron chi connectivity index (χ2n) is 4.61. The highest BCUT2D eigenvalue weighted by atomic mass is 35.5. The van der Waals surface area contributed by atoms with Crippen molar-refractivity contribution >= 4 is 18.3 Å². The van der Waals surface area contributed by atoms with Gasteiger partial charge < -0.3 is 10.6 Å². The van der Waals surface area contributed by atoms with Crippen LogP contribution in [-0.2, 0) is 4.79 Å². The number of hydrogen-bond acceptors (Lipinski definition) is 2. The molecule has 2 atom stereocenters. The number of hydrogen-bond donors (Lipinski definition) is 2. The maximum atomic E-state index is 12.0. The van der Waals surface area contributed by atoms with Gasteiger partial charge in [-0.2, -0.15) is 0 Å². The minimum atomic E-state index is -0.367. The fraction of sp³-hybridized carbons (Fsp3) is 0.750. The van der Waals surface area contributed by atoms with Crippen LogP contribution in [0.3, 0.4) is 0 Å². The van der Waals surface area contributed by atoms with Crippen molar-refractivity contribution in [3.05, 3.63) is 12.7 Å². The number of halogens is 1. The fourth-order valence-electron chi connectivity index (χ4n) is 1.94. The maximum Gasteiger partial charge on any atom is 0.240 e. The van der Waals surface area contributed by atoms with Gasteiger partial charge in [0.15, 0.2) is 0 Å². The van der Waals surface area contributed by atoms with Gasteiger partial charge in [0.2, 0.25) is 5.91 Å². The Morgan fingerprint density at radius 2 is 2.31 bits per heavy atom. The number of carbonyl (C=O) groups excluding carboxylic acids is 1. The third-order valence-electron chi connectivity index (χ3n) is 3.02. The smallest absolute Gasteiger partial charge is 0.240 e. The van der Waals surface area contributed by atoms with E-state index in [1.165, 1.54) is 6.42 Å². The highest BCUT2D eigenvalue weighted by molar-refractivity contribution is 5.86. The lowest BCUT2D eigenvalue weighted by molar-refractivity contribution is -0.128. The van der Waals surface area contributed by atoms with Crippen molar-refractivity contribution < 1.29 is 4.79 Å². The first-order valence-electron chi connectivity index (χ1n) is 5.75. The van der Waals surface area contributed by atoms with E-state index in [2.05, 4.69) is 17.2 Å². The van der Waals surface area contributed by atoms with Crippen LogP contribution in [0.25, 0.3) is 0 Å². The van der Waals surface area contributed by atoms with Crippen molar-refractivity contribution in [3.8, 4) is 0 Å². The first kappa shape index (κ1) is 15.5. The van der Waals surface area contributed by atoms with Gasteiger partial charge in [0.1, 0.15) is 0 Å². The second kappa shape index (κ2) is 6.92. The van der Waals surface area contributed by atoms with Gasteiger partial charge in [-0.25, -0.2) is 0 Å². The van der Waals surface area contributed by atoms with E-state index in [1.807, 2.05) is 19.9 Å². The van der Waals surface area contributed by atoms with Crippen molar-refractivity contribution in [2.75, 3.05) is 6.54 Å². The van der Waals surface area contributed by atoms with Crippen LogP contribution in [0, 0.1) is 0 Å². The quantitative estimate of drug-likeness (QED) is 0.746. The molecule has 16 heavy (non-hydrogen) atoms. The zero-order chi connectivity index (χ0) is 11.3. The molecule has 0 aromatic carbocycles. The minimum Gasteiger partial charge on any atom is -0.352 e. The molecular weight excluding hydrogens is 224 g/mol. The Morgan fingerprint density at radius 1 is 1.62 bits per heavy atom. The molecule has 1 rings (SSSR count). The highest BCUT2D eigenvalue weighted by Crippen LogP contribution is 2.18. The van der Waals surface area contributed by atoms with Crippen molar-refractivity contribution in [2.45, 2.75) is 51.1 Å². The Balaban J connectivity index is 0.00000225. The molecule has 1 heterocycles. The molecule has 1 aliphatic rings. The monoisotopic (exact) mass is 246 g/mol. The molecule has 0 bridgehead atoms. The number of carbonyl (C=O) groups is 1. The maximum absolute atomic E-state index is 12.0. The van der Waals surface area contributed by atoms with E-state index in [0.29, 0.717) is 0 Å². The van der Waals surface area contributed by atoms with Crippen LogP contribution < -0.4 is 10.6 Å². The molecule has 1 saturated heterocycles. The first-order chi connectivity index (χ1) is 7.08. The molecule has 2 unspecified atom stereocenters. The van der Waals surface area contributed by atoms with Crippen molar-refractivity contribution in [3.63, 3.8) is 0 Å². The molecule has 94 valence electrons. The summed E-state index contributed by atoms with van der Waals surface area (Å²) < 4.78 is 0. The van der Waals surface area contributed by atoms with Crippen LogP contribution in [0.5, 0.6) is 0 Å². The van der Waals surface area contributed by atoms with Crippen molar-refractivity contribution in [1.29, 1.82) is 0 Å². The fourth-order valence-corrected chi connectivity index (χ4v) is 1.94. The summed E-state index contributed by atoms with van der Waals surface area (Å²) in [5.41, 5.74) is -0.367. The van der Waals surface area contributed by atoms with Crippen LogP contribution in [0.1, 0.15) is 39.5 Å². The zero-order valence-electron chi connectivity index (χ0n) is 10.2. The van der Waals surface area contributed by atoms with Gasteiger partial charge >= 0.3 is 0 Å². The molecule has 0 radical (unpaired) electrons. The Kier molecular flexibility index (Phi) is 6.68. The van der Waals surface area contributed by atoms with Gasteiger partial charge in [0.25, 0.3) is 0 Å². The Labute approximate surface area is 104 Å². The molecule has 0 spiro atoms. The van der Waals surface area contributed by atoms with Crippen LogP contribution in [0.2, 0.25) is 0 Å². The molecule has 2 N–H and O–H groups in total. The van der Waals surface area contributed by atoms with Crippen LogP contribution in [-0.4, -0.2) is 24.0 Å². The topological polar surface area (TPSA) is 41.1 Å². The van der Waals surface area contributed by atoms with E-state index in [-0.39, 0.29) is 29.9 Å². The van der Waals surface area contributed by atoms with E-state index in [1.54, 1.807) is 0 Å². The van der Waals surface area contributed by atoms with Crippen molar-refractivity contribution in [2.24, 2.45) is 0 Å². The SMILES string of the molecule is C=CCC(C)NC(=O)C1(C)CCCCN1.Cl. The zero-order valence-corrected chi connectivity index (χ0v) is 11.0. The van der Waals surface area contributed by atoms with Gasteiger partial charge in [-0.15, -0.1) is 19.0 Å². The number of nitrogens with one attached hydrogen (secondary N) is 2. The van der Waals surface area contributed by atoms with Gasteiger partial charge in [-0.1, -0.05) is 6.08 Å². The summed E-state index contributed by atoms with van der Waals surface area (Å²) >= 11 is 0. The summed E-state index contributed by atoms with van der Waals surface area (Å²) in [5, 5.41) is 6.32. The molecule has 1 fully saturated rings. The summed E-state index contributed by atoms with van der Waals surface area (Å²) in [7, 11) is 0. The third-order valence-corrected chi connectivity index (χ3v) is 3.02. The van der Waals surface area contributed by atoms with Crippen LogP contribution in [0.4, 0.5) is 0 Å². The van der Waals surface area contributed by atoms with E-state index in [0.717, 1.165) is 25.8 Å². The van der Waals surface area contributed by atoms with Gasteiger partial charge in [-0.05, 0) is 46.1 Å². The lowest BCUT2D eigenvalue weighted by Crippen LogP contribution is -2.58. The van der Waals surface area contributed by atoms with E-state index in [9.17, 15) is 4.79 Å². The Hall–Kier alpha value is -0.540. The largest absolute Gasteiger partial charge is 0.352 e. The van der Waals surface area contributed by atoms with Gasteiger partial charge in [0, 0.05) is 6.04 Å². The molecule has 0 saturated carbocycles. The standard InChI is InChI=1S/C12H22N2O.ClH/c1-4-7-10(2)14-11(15)12(3)8-5-6-9-13-12;/h4,10,13H,1,5-9H2,2-3H3,(H,14,15);1H. The number of amides is 1. The van der Waals surface area contributed by atoms with E-state index in [4.69, 9.17) is 0 Å². The van der Waals surface area contributed by atoms with Crippen LogP contribution >= 0.6 is 12.4 Å². The molecule has 0 aromatic heterocycles. The summed E-state index contributed by atoms with van der Waals surface area (Å²) in [6.07, 6.45) is 5.89. The average Bonchev–Trinajstić information content (AvgIpc) is 2.19. The van der Waals surface area contributed by atoms with Gasteiger partial charge in [-0.3, -0.25) is 4.79 Å². The molecule has 3 nitrogen and oxygen atoms in total. The average molecular weight is 247 g/mol. The molecule has 4 heteroatoms. The number of rotatable bonds is 4. The molecule has 0 aliphatic carbocycles. The van der Waals surface area contributed by atoms with Crippen LogP contribution in [0.15, 0.2) is 12.7 Å². The minimum absolute atomic E-state index is 0. The summed E-state index contributed by atoms with van der Waals surface area (Å²) in [5.74, 6) is 0.122. The summed E-state index contributed by atoms with van der Waals surface area (Å²) in [6, 6.07) is 0.176. The molecule has 1 amide bonds. The lowest BCUT2D eigenvalue weighted by Gasteiger charge is -2.34. The highest BCUT2D eigenvalue weighted by Gasteiger charge is 2.34. The van der Waals surface area contributed by atoms with E-state index < -0.39 is 0 Å². The second-order valence-corrected chi connectivity index (χ2v) is 4.61. The number of piperidine rings is 1. The Bertz CT molecular complexity index is 237. The normalized spacial score (nSPS) is 26.4. The third kappa shape index (κ3) is 4.14.